The lowest BCUT2D eigenvalue weighted by atomic mass is 10.0. The second-order valence-electron chi connectivity index (χ2n) is 9.00. The van der Waals surface area contributed by atoms with Gasteiger partial charge in [-0.25, -0.2) is 13.2 Å². The van der Waals surface area contributed by atoms with E-state index in [4.69, 9.17) is 4.74 Å². The number of carbonyl (C=O) groups is 1. The lowest BCUT2D eigenvalue weighted by Crippen LogP contribution is -2.36. The van der Waals surface area contributed by atoms with Crippen LogP contribution in [0.25, 0.3) is 11.1 Å². The summed E-state index contributed by atoms with van der Waals surface area (Å²) >= 11 is 0. The summed E-state index contributed by atoms with van der Waals surface area (Å²) in [6.07, 6.45) is 3.35. The van der Waals surface area contributed by atoms with Crippen molar-refractivity contribution in [1.29, 1.82) is 0 Å². The van der Waals surface area contributed by atoms with Gasteiger partial charge in [-0.2, -0.15) is 0 Å². The lowest BCUT2D eigenvalue weighted by Gasteiger charge is -2.29. The first-order valence-electron chi connectivity index (χ1n) is 12.6. The van der Waals surface area contributed by atoms with Crippen molar-refractivity contribution >= 4 is 33.1 Å². The Morgan fingerprint density at radius 3 is 2.44 bits per heavy atom. The van der Waals surface area contributed by atoms with Gasteiger partial charge in [0.1, 0.15) is 0 Å². The van der Waals surface area contributed by atoms with Crippen molar-refractivity contribution in [2.45, 2.75) is 11.4 Å². The number of nitrogens with one attached hydrogen (secondary N) is 3. The number of sulfonamides is 1. The minimum Gasteiger partial charge on any atom is -0.378 e. The predicted molar refractivity (Wildman–Crippen MR) is 152 cm³/mol. The molecule has 2 heterocycles. The molecular weight excluding hydrogens is 514 g/mol. The number of morpholine rings is 1. The molecule has 3 aromatic carbocycles. The quantitative estimate of drug-likeness (QED) is 0.297. The summed E-state index contributed by atoms with van der Waals surface area (Å²) in [6.45, 7) is 3.27. The smallest absolute Gasteiger partial charge is 0.319 e. The number of nitrogens with zero attached hydrogens (tertiary/aromatic N) is 2. The third-order valence-corrected chi connectivity index (χ3v) is 7.72. The van der Waals surface area contributed by atoms with Crippen molar-refractivity contribution in [1.82, 2.24) is 10.3 Å². The zero-order valence-corrected chi connectivity index (χ0v) is 22.0. The molecular formula is C29H29N5O4S. The van der Waals surface area contributed by atoms with E-state index in [1.165, 1.54) is 0 Å². The Morgan fingerprint density at radius 2 is 1.67 bits per heavy atom. The number of urea groups is 1. The minimum absolute atomic E-state index is 0.182. The van der Waals surface area contributed by atoms with Crippen molar-refractivity contribution in [3.63, 3.8) is 0 Å². The first kappa shape index (κ1) is 26.2. The highest BCUT2D eigenvalue weighted by molar-refractivity contribution is 7.92. The number of pyridine rings is 1. The lowest BCUT2D eigenvalue weighted by molar-refractivity contribution is 0.122. The van der Waals surface area contributed by atoms with Gasteiger partial charge >= 0.3 is 6.03 Å². The maximum atomic E-state index is 13.4. The second kappa shape index (κ2) is 12.0. The number of amides is 2. The van der Waals surface area contributed by atoms with Crippen molar-refractivity contribution < 1.29 is 17.9 Å². The Labute approximate surface area is 227 Å². The molecule has 5 rings (SSSR count). The van der Waals surface area contributed by atoms with Crippen LogP contribution in [0, 0.1) is 0 Å². The van der Waals surface area contributed by atoms with Gasteiger partial charge in [-0.15, -0.1) is 0 Å². The van der Waals surface area contributed by atoms with Crippen LogP contribution in [0.4, 0.5) is 21.9 Å². The van der Waals surface area contributed by atoms with Gasteiger partial charge in [0.05, 0.1) is 18.1 Å². The summed E-state index contributed by atoms with van der Waals surface area (Å²) in [4.78, 5) is 18.7. The third kappa shape index (κ3) is 6.73. The zero-order valence-electron chi connectivity index (χ0n) is 21.2. The number of rotatable bonds is 8. The first-order chi connectivity index (χ1) is 19.0. The van der Waals surface area contributed by atoms with E-state index in [9.17, 15) is 13.2 Å². The minimum atomic E-state index is -3.89. The van der Waals surface area contributed by atoms with Crippen LogP contribution in [0.2, 0.25) is 0 Å². The maximum absolute atomic E-state index is 13.4. The molecule has 1 aliphatic heterocycles. The van der Waals surface area contributed by atoms with Gasteiger partial charge in [-0.3, -0.25) is 9.71 Å². The van der Waals surface area contributed by atoms with E-state index in [2.05, 4.69) is 25.2 Å². The predicted octanol–water partition coefficient (Wildman–Crippen LogP) is 4.71. The normalized spacial score (nSPS) is 13.5. The molecule has 0 aliphatic carbocycles. The largest absolute Gasteiger partial charge is 0.378 e. The maximum Gasteiger partial charge on any atom is 0.319 e. The van der Waals surface area contributed by atoms with Gasteiger partial charge in [-0.1, -0.05) is 36.4 Å². The molecule has 1 aliphatic rings. The highest BCUT2D eigenvalue weighted by atomic mass is 32.2. The molecule has 0 spiro atoms. The van der Waals surface area contributed by atoms with E-state index in [1.807, 2.05) is 42.5 Å². The fourth-order valence-electron chi connectivity index (χ4n) is 4.32. The number of carbonyl (C=O) groups excluding carboxylic acids is 1. The van der Waals surface area contributed by atoms with E-state index in [1.54, 1.807) is 54.9 Å². The van der Waals surface area contributed by atoms with Gasteiger partial charge < -0.3 is 20.3 Å². The van der Waals surface area contributed by atoms with E-state index in [0.717, 1.165) is 29.9 Å². The van der Waals surface area contributed by atoms with Crippen LogP contribution in [0.15, 0.2) is 102 Å². The zero-order chi connectivity index (χ0) is 27.1. The van der Waals surface area contributed by atoms with Gasteiger partial charge in [0.2, 0.25) is 0 Å². The Hall–Kier alpha value is -4.41. The average Bonchev–Trinajstić information content (AvgIpc) is 2.98. The molecule has 2 amide bonds. The first-order valence-corrected chi connectivity index (χ1v) is 14.0. The number of ether oxygens (including phenoxy) is 1. The summed E-state index contributed by atoms with van der Waals surface area (Å²) in [5.74, 6) is 0. The van der Waals surface area contributed by atoms with Crippen molar-refractivity contribution in [2.75, 3.05) is 41.2 Å². The fourth-order valence-corrected chi connectivity index (χ4v) is 5.61. The van der Waals surface area contributed by atoms with Gasteiger partial charge in [0.15, 0.2) is 0 Å². The van der Waals surface area contributed by atoms with Gasteiger partial charge in [0, 0.05) is 54.7 Å². The topological polar surface area (TPSA) is 113 Å². The molecule has 10 heteroatoms. The number of benzene rings is 3. The fraction of sp³-hybridized carbons (Fsp3) is 0.172. The summed E-state index contributed by atoms with van der Waals surface area (Å²) in [6, 6.07) is 24.6. The highest BCUT2D eigenvalue weighted by Gasteiger charge is 2.20. The second-order valence-corrected chi connectivity index (χ2v) is 10.6. The molecule has 39 heavy (non-hydrogen) atoms. The Balaban J connectivity index is 1.27. The van der Waals surface area contributed by atoms with Crippen molar-refractivity contribution in [3.8, 4) is 11.1 Å². The number of hydrogen-bond acceptors (Lipinski definition) is 6. The summed E-state index contributed by atoms with van der Waals surface area (Å²) < 4.78 is 35.0. The van der Waals surface area contributed by atoms with Gasteiger partial charge in [0.25, 0.3) is 10.0 Å². The summed E-state index contributed by atoms with van der Waals surface area (Å²) in [5, 5.41) is 5.49. The Morgan fingerprint density at radius 1 is 0.897 bits per heavy atom. The molecule has 0 radical (unpaired) electrons. The molecule has 200 valence electrons. The summed E-state index contributed by atoms with van der Waals surface area (Å²) in [5.41, 5.74) is 4.25. The number of anilines is 3. The average molecular weight is 544 g/mol. The molecule has 4 aromatic rings. The Kier molecular flexibility index (Phi) is 8.04. The SMILES string of the molecule is O=C(NCc1cccnc1)Nc1ccc(NS(=O)(=O)c2ccccc2-c2cccc(N3CCOCC3)c2)cc1. The van der Waals surface area contributed by atoms with Gasteiger partial charge in [-0.05, 0) is 59.7 Å². The third-order valence-electron chi connectivity index (χ3n) is 6.28. The van der Waals surface area contributed by atoms with Crippen molar-refractivity contribution in [2.24, 2.45) is 0 Å². The molecule has 3 N–H and O–H groups in total. The van der Waals surface area contributed by atoms with Crippen molar-refractivity contribution in [3.05, 3.63) is 103 Å². The number of aromatic nitrogens is 1. The van der Waals surface area contributed by atoms with Crippen LogP contribution in [0.1, 0.15) is 5.56 Å². The molecule has 0 atom stereocenters. The van der Waals surface area contributed by atoms with Crippen LogP contribution in [0.3, 0.4) is 0 Å². The molecule has 9 nitrogen and oxygen atoms in total. The standard InChI is InChI=1S/C29H29N5O4S/c35-29(31-21-22-5-4-14-30-20-22)32-24-10-12-25(13-11-24)33-39(36,37)28-9-2-1-8-27(28)23-6-3-7-26(19-23)34-15-17-38-18-16-34/h1-14,19-20,33H,15-18,21H2,(H2,31,32,35). The molecule has 0 bridgehead atoms. The Bertz CT molecular complexity index is 1520. The summed E-state index contributed by atoms with van der Waals surface area (Å²) in [7, 11) is -3.89. The van der Waals surface area contributed by atoms with Crippen LogP contribution >= 0.6 is 0 Å². The van der Waals surface area contributed by atoms with E-state index in [-0.39, 0.29) is 10.9 Å². The van der Waals surface area contributed by atoms with Crippen LogP contribution in [0.5, 0.6) is 0 Å². The molecule has 1 saturated heterocycles. The van der Waals surface area contributed by atoms with Crippen LogP contribution in [-0.4, -0.2) is 45.7 Å². The number of hydrogen-bond donors (Lipinski definition) is 3. The van der Waals surface area contributed by atoms with E-state index in [0.29, 0.717) is 36.7 Å². The van der Waals surface area contributed by atoms with E-state index >= 15 is 0 Å². The van der Waals surface area contributed by atoms with Crippen LogP contribution in [-0.2, 0) is 21.3 Å². The molecule has 0 unspecified atom stereocenters. The highest BCUT2D eigenvalue weighted by Crippen LogP contribution is 2.31. The van der Waals surface area contributed by atoms with E-state index < -0.39 is 10.0 Å². The molecule has 0 saturated carbocycles. The molecule has 1 aromatic heterocycles. The molecule has 1 fully saturated rings. The monoisotopic (exact) mass is 543 g/mol. The van der Waals surface area contributed by atoms with Crippen LogP contribution < -0.4 is 20.3 Å².